The fraction of sp³-hybridized carbons (Fsp3) is 0. The van der Waals surface area contributed by atoms with Crippen LogP contribution >= 0.6 is 0 Å². The summed E-state index contributed by atoms with van der Waals surface area (Å²) >= 11 is 0. The Morgan fingerprint density at radius 1 is 0.391 bits per heavy atom. The smallest absolute Gasteiger partial charge is 0.0998 e. The van der Waals surface area contributed by atoms with Crippen molar-refractivity contribution in [2.75, 3.05) is 0 Å². The van der Waals surface area contributed by atoms with Crippen LogP contribution < -0.4 is 0 Å². The first-order chi connectivity index (χ1) is 22.8. The molecule has 0 saturated heterocycles. The van der Waals surface area contributed by atoms with Gasteiger partial charge in [-0.15, -0.1) is 0 Å². The van der Waals surface area contributed by atoms with Crippen LogP contribution in [0.1, 0.15) is 5.56 Å². The highest BCUT2D eigenvalue weighted by atomic mass is 15.0. The molecular formula is C43H27N3. The second kappa shape index (κ2) is 10.4. The summed E-state index contributed by atoms with van der Waals surface area (Å²) in [4.78, 5) is 0. The highest BCUT2D eigenvalue weighted by Crippen LogP contribution is 2.39. The normalized spacial score (nSPS) is 11.5. The summed E-state index contributed by atoms with van der Waals surface area (Å²) in [5, 5.41) is 15.2. The van der Waals surface area contributed by atoms with E-state index in [1.54, 1.807) is 0 Å². The monoisotopic (exact) mass is 585 g/mol. The molecule has 2 aromatic heterocycles. The van der Waals surface area contributed by atoms with Crippen molar-refractivity contribution in [1.82, 2.24) is 9.13 Å². The molecule has 0 aliphatic rings. The summed E-state index contributed by atoms with van der Waals surface area (Å²) in [6, 6.07) is 60.0. The van der Waals surface area contributed by atoms with Crippen molar-refractivity contribution in [3.05, 3.63) is 169 Å². The maximum Gasteiger partial charge on any atom is 0.0998 e. The standard InChI is InChI=1S/C43H27N3/c44-28-32-13-10-22-42(46-40-20-7-3-16-36(40)37-17-4-8-21-41(37)46)43(32)31-12-9-11-30(27-31)29-23-25-33(26-24-29)45-38-18-5-1-14-34(38)35-15-2-6-19-39(35)45/h1-27H. The number of nitriles is 1. The Hall–Kier alpha value is -6.37. The number of para-hydroxylation sites is 4. The molecule has 0 radical (unpaired) electrons. The van der Waals surface area contributed by atoms with Gasteiger partial charge < -0.3 is 9.13 Å². The highest BCUT2D eigenvalue weighted by molar-refractivity contribution is 6.10. The lowest BCUT2D eigenvalue weighted by Gasteiger charge is -2.16. The predicted octanol–water partition coefficient (Wildman–Crippen LogP) is 11.1. The third kappa shape index (κ3) is 3.91. The number of hydrogen-bond donors (Lipinski definition) is 0. The summed E-state index contributed by atoms with van der Waals surface area (Å²) in [5.74, 6) is 0. The number of hydrogen-bond acceptors (Lipinski definition) is 1. The van der Waals surface area contributed by atoms with E-state index in [-0.39, 0.29) is 0 Å². The average molecular weight is 586 g/mol. The summed E-state index contributed by atoms with van der Waals surface area (Å²) in [6.45, 7) is 0. The molecule has 9 aromatic rings. The largest absolute Gasteiger partial charge is 0.309 e. The first-order valence-electron chi connectivity index (χ1n) is 15.5. The van der Waals surface area contributed by atoms with Gasteiger partial charge in [0.15, 0.2) is 0 Å². The van der Waals surface area contributed by atoms with Gasteiger partial charge >= 0.3 is 0 Å². The van der Waals surface area contributed by atoms with Crippen LogP contribution in [0.15, 0.2) is 164 Å². The van der Waals surface area contributed by atoms with Crippen molar-refractivity contribution < 1.29 is 0 Å². The van der Waals surface area contributed by atoms with Gasteiger partial charge in [0.05, 0.1) is 39.4 Å². The lowest BCUT2D eigenvalue weighted by Crippen LogP contribution is -1.99. The van der Waals surface area contributed by atoms with E-state index >= 15 is 0 Å². The van der Waals surface area contributed by atoms with Gasteiger partial charge in [0, 0.05) is 32.8 Å². The minimum absolute atomic E-state index is 0.651. The van der Waals surface area contributed by atoms with Crippen molar-refractivity contribution in [2.24, 2.45) is 0 Å². The second-order valence-corrected chi connectivity index (χ2v) is 11.7. The van der Waals surface area contributed by atoms with E-state index in [2.05, 4.69) is 167 Å². The topological polar surface area (TPSA) is 33.6 Å². The number of nitrogens with zero attached hydrogens (tertiary/aromatic N) is 3. The van der Waals surface area contributed by atoms with E-state index in [4.69, 9.17) is 0 Å². The van der Waals surface area contributed by atoms with E-state index in [0.29, 0.717) is 5.56 Å². The summed E-state index contributed by atoms with van der Waals surface area (Å²) < 4.78 is 4.64. The van der Waals surface area contributed by atoms with Gasteiger partial charge in [0.25, 0.3) is 0 Å². The number of fused-ring (bicyclic) bond motifs is 6. The molecular weight excluding hydrogens is 558 g/mol. The van der Waals surface area contributed by atoms with E-state index in [1.165, 1.54) is 32.6 Å². The molecule has 214 valence electrons. The zero-order chi connectivity index (χ0) is 30.6. The molecule has 46 heavy (non-hydrogen) atoms. The molecule has 0 aliphatic heterocycles. The van der Waals surface area contributed by atoms with Gasteiger partial charge in [-0.2, -0.15) is 5.26 Å². The van der Waals surface area contributed by atoms with Crippen LogP contribution in [0.2, 0.25) is 0 Å². The van der Waals surface area contributed by atoms with Crippen LogP contribution in [0.5, 0.6) is 0 Å². The lowest BCUT2D eigenvalue weighted by atomic mass is 9.94. The quantitative estimate of drug-likeness (QED) is 0.202. The van der Waals surface area contributed by atoms with Crippen molar-refractivity contribution in [2.45, 2.75) is 0 Å². The molecule has 0 aliphatic carbocycles. The summed E-state index contributed by atoms with van der Waals surface area (Å²) in [5.41, 5.74) is 11.6. The molecule has 3 heteroatoms. The molecule has 0 unspecified atom stereocenters. The Kier molecular flexibility index (Phi) is 5.88. The minimum Gasteiger partial charge on any atom is -0.309 e. The third-order valence-corrected chi connectivity index (χ3v) is 9.17. The maximum atomic E-state index is 10.3. The van der Waals surface area contributed by atoms with Crippen LogP contribution in [0.25, 0.3) is 77.2 Å². The molecule has 2 heterocycles. The predicted molar refractivity (Wildman–Crippen MR) is 191 cm³/mol. The zero-order valence-corrected chi connectivity index (χ0v) is 24.9. The first kappa shape index (κ1) is 26.1. The first-order valence-corrected chi connectivity index (χ1v) is 15.5. The molecule has 0 fully saturated rings. The zero-order valence-electron chi connectivity index (χ0n) is 24.9. The Morgan fingerprint density at radius 2 is 0.870 bits per heavy atom. The van der Waals surface area contributed by atoms with Crippen molar-refractivity contribution in [3.63, 3.8) is 0 Å². The van der Waals surface area contributed by atoms with Crippen LogP contribution in [0.3, 0.4) is 0 Å². The summed E-state index contributed by atoms with van der Waals surface area (Å²) in [7, 11) is 0. The van der Waals surface area contributed by atoms with Crippen molar-refractivity contribution >= 4 is 43.6 Å². The molecule has 0 atom stereocenters. The molecule has 0 amide bonds. The Morgan fingerprint density at radius 3 is 1.41 bits per heavy atom. The molecule has 7 aromatic carbocycles. The number of benzene rings is 7. The van der Waals surface area contributed by atoms with E-state index in [0.717, 1.165) is 44.7 Å². The Labute approximate surface area is 266 Å². The molecule has 0 N–H and O–H groups in total. The van der Waals surface area contributed by atoms with E-state index in [1.807, 2.05) is 12.1 Å². The number of rotatable bonds is 4. The summed E-state index contributed by atoms with van der Waals surface area (Å²) in [6.07, 6.45) is 0. The maximum absolute atomic E-state index is 10.3. The second-order valence-electron chi connectivity index (χ2n) is 11.7. The van der Waals surface area contributed by atoms with Gasteiger partial charge in [0.1, 0.15) is 0 Å². The lowest BCUT2D eigenvalue weighted by molar-refractivity contribution is 1.18. The minimum atomic E-state index is 0.651. The highest BCUT2D eigenvalue weighted by Gasteiger charge is 2.18. The van der Waals surface area contributed by atoms with Crippen LogP contribution in [0, 0.1) is 11.3 Å². The van der Waals surface area contributed by atoms with Gasteiger partial charge in [-0.05, 0) is 71.3 Å². The Bertz CT molecular complexity index is 2540. The van der Waals surface area contributed by atoms with Crippen molar-refractivity contribution in [3.8, 4) is 39.7 Å². The average Bonchev–Trinajstić information content (AvgIpc) is 3.64. The fourth-order valence-corrected chi connectivity index (χ4v) is 7.16. The van der Waals surface area contributed by atoms with Gasteiger partial charge in [0.2, 0.25) is 0 Å². The van der Waals surface area contributed by atoms with Crippen LogP contribution in [-0.2, 0) is 0 Å². The molecule has 0 bridgehead atoms. The fourth-order valence-electron chi connectivity index (χ4n) is 7.16. The molecule has 0 spiro atoms. The van der Waals surface area contributed by atoms with E-state index in [9.17, 15) is 5.26 Å². The van der Waals surface area contributed by atoms with Crippen LogP contribution in [0.4, 0.5) is 0 Å². The molecule has 0 saturated carbocycles. The molecule has 9 rings (SSSR count). The van der Waals surface area contributed by atoms with E-state index < -0.39 is 0 Å². The Balaban J connectivity index is 1.19. The number of aromatic nitrogens is 2. The van der Waals surface area contributed by atoms with Crippen LogP contribution in [-0.4, -0.2) is 9.13 Å². The van der Waals surface area contributed by atoms with Gasteiger partial charge in [-0.3, -0.25) is 0 Å². The van der Waals surface area contributed by atoms with Gasteiger partial charge in [-0.25, -0.2) is 0 Å². The third-order valence-electron chi connectivity index (χ3n) is 9.17. The van der Waals surface area contributed by atoms with Crippen molar-refractivity contribution in [1.29, 1.82) is 5.26 Å². The molecule has 3 nitrogen and oxygen atoms in total. The SMILES string of the molecule is N#Cc1cccc(-n2c3ccccc3c3ccccc32)c1-c1cccc(-c2ccc(-n3c4ccccc4c4ccccc43)cc2)c1. The van der Waals surface area contributed by atoms with Gasteiger partial charge in [-0.1, -0.05) is 109 Å².